The van der Waals surface area contributed by atoms with E-state index in [1.54, 1.807) is 0 Å². The molecule has 0 saturated heterocycles. The maximum atomic E-state index is 9.53. The van der Waals surface area contributed by atoms with E-state index in [9.17, 15) is 4.79 Å². The first-order chi connectivity index (χ1) is 3.27. The number of aliphatic carboxylic acids is 1. The summed E-state index contributed by atoms with van der Waals surface area (Å²) in [5, 5.41) is 14.0. The lowest BCUT2D eigenvalue weighted by molar-refractivity contribution is -0.139. The number of carboxylic acids is 1. The van der Waals surface area contributed by atoms with Crippen LogP contribution in [-0.4, -0.2) is 24.1 Å². The molecule has 7 heavy (non-hydrogen) atoms. The summed E-state index contributed by atoms with van der Waals surface area (Å²) in [6.07, 6.45) is 0.591. The van der Waals surface area contributed by atoms with Crippen LogP contribution in [0.25, 0.3) is 0 Å². The predicted molar refractivity (Wildman–Crippen MR) is 22.4 cm³/mol. The maximum absolute atomic E-state index is 9.53. The van der Waals surface area contributed by atoms with Crippen molar-refractivity contribution in [2.24, 2.45) is 0 Å². The number of rotatable bonds is 3. The minimum Gasteiger partial charge on any atom is -0.479 e. The van der Waals surface area contributed by atoms with Crippen molar-refractivity contribution in [1.29, 1.82) is 5.41 Å². The van der Waals surface area contributed by atoms with E-state index in [1.165, 1.54) is 0 Å². The van der Waals surface area contributed by atoms with Crippen molar-refractivity contribution in [2.75, 3.05) is 6.61 Å². The van der Waals surface area contributed by atoms with E-state index in [4.69, 9.17) is 10.5 Å². The zero-order valence-electron chi connectivity index (χ0n) is 3.55. The molecule has 0 rings (SSSR count). The Morgan fingerprint density at radius 2 is 2.57 bits per heavy atom. The third kappa shape index (κ3) is 4.94. The quantitative estimate of drug-likeness (QED) is 0.380. The standard InChI is InChI=1S/C3H5NO3/c4-2-7-1-3(5)6/h2,4H,1H2,(H,5,6). The van der Waals surface area contributed by atoms with Crippen LogP contribution < -0.4 is 0 Å². The molecule has 0 radical (unpaired) electrons. The van der Waals surface area contributed by atoms with Crippen LogP contribution in [0.15, 0.2) is 0 Å². The van der Waals surface area contributed by atoms with E-state index in [0.717, 1.165) is 0 Å². The molecule has 40 valence electrons. The van der Waals surface area contributed by atoms with E-state index in [2.05, 4.69) is 4.74 Å². The van der Waals surface area contributed by atoms with E-state index in [1.807, 2.05) is 0 Å². The minimum atomic E-state index is -1.07. The van der Waals surface area contributed by atoms with Crippen molar-refractivity contribution in [1.82, 2.24) is 0 Å². The summed E-state index contributed by atoms with van der Waals surface area (Å²) >= 11 is 0. The lowest BCUT2D eigenvalue weighted by Gasteiger charge is -1.87. The first kappa shape index (κ1) is 5.94. The van der Waals surface area contributed by atoms with Gasteiger partial charge in [-0.1, -0.05) is 0 Å². The first-order valence-electron chi connectivity index (χ1n) is 1.59. The van der Waals surface area contributed by atoms with E-state index in [0.29, 0.717) is 6.40 Å². The fraction of sp³-hybridized carbons (Fsp3) is 0.333. The van der Waals surface area contributed by atoms with Crippen molar-refractivity contribution >= 4 is 12.4 Å². The van der Waals surface area contributed by atoms with Gasteiger partial charge in [-0.05, 0) is 0 Å². The molecule has 4 nitrogen and oxygen atoms in total. The van der Waals surface area contributed by atoms with Crippen molar-refractivity contribution < 1.29 is 14.6 Å². The molecule has 0 atom stereocenters. The fourth-order valence-electron chi connectivity index (χ4n) is 0.113. The third-order valence-electron chi connectivity index (χ3n) is 0.290. The minimum absolute atomic E-state index is 0.427. The Labute approximate surface area is 40.2 Å². The Morgan fingerprint density at radius 1 is 2.00 bits per heavy atom. The van der Waals surface area contributed by atoms with Gasteiger partial charge < -0.3 is 9.84 Å². The second kappa shape index (κ2) is 3.14. The van der Waals surface area contributed by atoms with Crippen LogP contribution in [0.4, 0.5) is 0 Å². The maximum Gasteiger partial charge on any atom is 0.341 e. The van der Waals surface area contributed by atoms with Gasteiger partial charge >= 0.3 is 5.97 Å². The highest BCUT2D eigenvalue weighted by Crippen LogP contribution is 1.63. The molecule has 0 aliphatic carbocycles. The molecule has 2 N–H and O–H groups in total. The monoisotopic (exact) mass is 103 g/mol. The molecule has 0 aliphatic heterocycles. The van der Waals surface area contributed by atoms with E-state index >= 15 is 0 Å². The van der Waals surface area contributed by atoms with Crippen LogP contribution in [0.1, 0.15) is 0 Å². The van der Waals surface area contributed by atoms with Gasteiger partial charge in [0.25, 0.3) is 0 Å². The Kier molecular flexibility index (Phi) is 2.67. The Balaban J connectivity index is 2.97. The highest BCUT2D eigenvalue weighted by Gasteiger charge is 1.89. The number of hydrogen-bond donors (Lipinski definition) is 2. The Hall–Kier alpha value is -1.06. The molecular weight excluding hydrogens is 98.0 g/mol. The number of ether oxygens (including phenoxy) is 1. The van der Waals surface area contributed by atoms with Gasteiger partial charge in [-0.25, -0.2) is 4.79 Å². The summed E-state index contributed by atoms with van der Waals surface area (Å²) in [7, 11) is 0. The van der Waals surface area contributed by atoms with Gasteiger partial charge in [0, 0.05) is 0 Å². The van der Waals surface area contributed by atoms with Crippen LogP contribution in [0, 0.1) is 5.41 Å². The Morgan fingerprint density at radius 3 is 2.71 bits per heavy atom. The van der Waals surface area contributed by atoms with Gasteiger partial charge in [0.2, 0.25) is 0 Å². The average Bonchev–Trinajstić information content (AvgIpc) is 1.61. The summed E-state index contributed by atoms with van der Waals surface area (Å²) in [6, 6.07) is 0. The predicted octanol–water partition coefficient (Wildman–Crippen LogP) is -0.305. The van der Waals surface area contributed by atoms with Gasteiger partial charge in [0.05, 0.1) is 0 Å². The highest BCUT2D eigenvalue weighted by molar-refractivity contribution is 5.69. The zero-order valence-corrected chi connectivity index (χ0v) is 3.55. The van der Waals surface area contributed by atoms with Crippen LogP contribution >= 0.6 is 0 Å². The SMILES string of the molecule is N=COCC(=O)O. The summed E-state index contributed by atoms with van der Waals surface area (Å²) in [5.74, 6) is -1.07. The number of hydrogen-bond acceptors (Lipinski definition) is 3. The van der Waals surface area contributed by atoms with Crippen molar-refractivity contribution in [3.8, 4) is 0 Å². The number of carboxylic acid groups (broad SMARTS) is 1. The molecule has 0 heterocycles. The van der Waals surface area contributed by atoms with Crippen LogP contribution in [0.2, 0.25) is 0 Å². The fourth-order valence-corrected chi connectivity index (χ4v) is 0.113. The molecule has 0 aromatic rings. The normalized spacial score (nSPS) is 7.43. The lowest BCUT2D eigenvalue weighted by Crippen LogP contribution is -2.04. The second-order valence-corrected chi connectivity index (χ2v) is 0.823. The van der Waals surface area contributed by atoms with Crippen LogP contribution in [0.3, 0.4) is 0 Å². The topological polar surface area (TPSA) is 70.4 Å². The molecule has 0 bridgehead atoms. The van der Waals surface area contributed by atoms with E-state index < -0.39 is 12.6 Å². The largest absolute Gasteiger partial charge is 0.479 e. The van der Waals surface area contributed by atoms with Crippen molar-refractivity contribution in [2.45, 2.75) is 0 Å². The van der Waals surface area contributed by atoms with Gasteiger partial charge in [-0.3, -0.25) is 5.41 Å². The molecule has 0 saturated carbocycles. The molecule has 4 heteroatoms. The van der Waals surface area contributed by atoms with Crippen LogP contribution in [-0.2, 0) is 9.53 Å². The van der Waals surface area contributed by atoms with Crippen LogP contribution in [0.5, 0.6) is 0 Å². The lowest BCUT2D eigenvalue weighted by atomic mass is 10.8. The van der Waals surface area contributed by atoms with Gasteiger partial charge in [0.1, 0.15) is 0 Å². The number of nitrogens with one attached hydrogen (secondary N) is 1. The van der Waals surface area contributed by atoms with Gasteiger partial charge in [-0.15, -0.1) is 0 Å². The van der Waals surface area contributed by atoms with Crippen molar-refractivity contribution in [3.63, 3.8) is 0 Å². The molecule has 0 aliphatic rings. The molecular formula is C3H5NO3. The van der Waals surface area contributed by atoms with E-state index in [-0.39, 0.29) is 0 Å². The smallest absolute Gasteiger partial charge is 0.341 e. The highest BCUT2D eigenvalue weighted by atomic mass is 16.5. The molecule has 0 unspecified atom stereocenters. The summed E-state index contributed by atoms with van der Waals surface area (Å²) in [6.45, 7) is -0.427. The molecule has 0 spiro atoms. The molecule has 0 aromatic heterocycles. The molecule has 0 amide bonds. The zero-order chi connectivity index (χ0) is 5.70. The molecule has 0 fully saturated rings. The first-order valence-corrected chi connectivity index (χ1v) is 1.59. The number of carbonyl (C=O) groups is 1. The Bertz CT molecular complexity index is 80.2. The summed E-state index contributed by atoms with van der Waals surface area (Å²) < 4.78 is 4.04. The summed E-state index contributed by atoms with van der Waals surface area (Å²) in [5.41, 5.74) is 0. The summed E-state index contributed by atoms with van der Waals surface area (Å²) in [4.78, 5) is 9.53. The average molecular weight is 103 g/mol. The van der Waals surface area contributed by atoms with Gasteiger partial charge in [0.15, 0.2) is 13.0 Å². The van der Waals surface area contributed by atoms with Crippen molar-refractivity contribution in [3.05, 3.63) is 0 Å². The third-order valence-corrected chi connectivity index (χ3v) is 0.290. The molecule has 0 aromatic carbocycles. The second-order valence-electron chi connectivity index (χ2n) is 0.823. The van der Waals surface area contributed by atoms with Gasteiger partial charge in [-0.2, -0.15) is 0 Å².